The normalized spacial score (nSPS) is 13.1. The smallest absolute Gasteiger partial charge is 0.407 e. The second-order valence-electron chi connectivity index (χ2n) is 8.71. The molecule has 2 amide bonds. The fourth-order valence-corrected chi connectivity index (χ4v) is 4.01. The van der Waals surface area contributed by atoms with E-state index in [2.05, 4.69) is 10.6 Å². The molecule has 0 aromatic heterocycles. The average molecular weight is 469 g/mol. The lowest BCUT2D eigenvalue weighted by atomic mass is 9.98. The van der Waals surface area contributed by atoms with Crippen molar-refractivity contribution in [2.45, 2.75) is 38.6 Å². The molecule has 0 bridgehead atoms. The van der Waals surface area contributed by atoms with Crippen LogP contribution >= 0.6 is 0 Å². The zero-order chi connectivity index (χ0) is 24.5. The van der Waals surface area contributed by atoms with Crippen LogP contribution < -0.4 is 10.6 Å². The molecule has 34 heavy (non-hydrogen) atoms. The standard InChI is InChI=1S/C26H32N2O6/c1-17(2)15-33-14-13-27-25(31)23(11-12-24(29)30)28-26(32)34-16-22-20-9-5-3-7-18(20)19-8-4-6-10-21(19)22/h3-10,17,22-23H,11-16H2,1-2H3,(H,27,31)(H,28,32)(H,29,30). The number of carbonyl (C=O) groups excluding carboxylic acids is 2. The fourth-order valence-electron chi connectivity index (χ4n) is 4.01. The first kappa shape index (κ1) is 25.2. The van der Waals surface area contributed by atoms with Crippen LogP contribution in [0.2, 0.25) is 0 Å². The van der Waals surface area contributed by atoms with E-state index in [1.165, 1.54) is 0 Å². The number of carboxylic acid groups (broad SMARTS) is 1. The highest BCUT2D eigenvalue weighted by molar-refractivity contribution is 5.86. The predicted molar refractivity (Wildman–Crippen MR) is 128 cm³/mol. The van der Waals surface area contributed by atoms with Crippen molar-refractivity contribution >= 4 is 18.0 Å². The molecule has 3 rings (SSSR count). The molecule has 0 radical (unpaired) electrons. The molecule has 0 saturated carbocycles. The summed E-state index contributed by atoms with van der Waals surface area (Å²) in [5, 5.41) is 14.2. The Labute approximate surface area is 199 Å². The summed E-state index contributed by atoms with van der Waals surface area (Å²) in [5.74, 6) is -1.24. The quantitative estimate of drug-likeness (QED) is 0.411. The number of aliphatic carboxylic acids is 1. The fraction of sp³-hybridized carbons (Fsp3) is 0.423. The predicted octanol–water partition coefficient (Wildman–Crippen LogP) is 3.55. The van der Waals surface area contributed by atoms with Gasteiger partial charge in [-0.2, -0.15) is 0 Å². The van der Waals surface area contributed by atoms with Gasteiger partial charge in [0.15, 0.2) is 0 Å². The molecule has 1 aliphatic rings. The van der Waals surface area contributed by atoms with Crippen LogP contribution in [0, 0.1) is 5.92 Å². The van der Waals surface area contributed by atoms with Gasteiger partial charge in [-0.05, 0) is 34.6 Å². The summed E-state index contributed by atoms with van der Waals surface area (Å²) >= 11 is 0. The molecule has 1 unspecified atom stereocenters. The van der Waals surface area contributed by atoms with Gasteiger partial charge in [-0.25, -0.2) is 4.79 Å². The highest BCUT2D eigenvalue weighted by atomic mass is 16.5. The summed E-state index contributed by atoms with van der Waals surface area (Å²) in [6, 6.07) is 15.0. The second-order valence-corrected chi connectivity index (χ2v) is 8.71. The molecule has 8 heteroatoms. The molecular formula is C26H32N2O6. The second kappa shape index (κ2) is 12.2. The Morgan fingerprint density at radius 2 is 1.62 bits per heavy atom. The molecule has 0 aliphatic heterocycles. The molecule has 1 atom stereocenters. The number of amides is 2. The summed E-state index contributed by atoms with van der Waals surface area (Å²) in [6.45, 7) is 5.34. The van der Waals surface area contributed by atoms with E-state index in [1.807, 2.05) is 62.4 Å². The van der Waals surface area contributed by atoms with Crippen molar-refractivity contribution in [3.63, 3.8) is 0 Å². The van der Waals surface area contributed by atoms with E-state index in [-0.39, 0.29) is 31.9 Å². The van der Waals surface area contributed by atoms with Crippen LogP contribution in [0.3, 0.4) is 0 Å². The van der Waals surface area contributed by atoms with Crippen LogP contribution in [-0.4, -0.2) is 55.5 Å². The number of ether oxygens (including phenoxy) is 2. The largest absolute Gasteiger partial charge is 0.481 e. The zero-order valence-electron chi connectivity index (χ0n) is 19.6. The molecule has 0 saturated heterocycles. The van der Waals surface area contributed by atoms with Gasteiger partial charge < -0.3 is 25.2 Å². The van der Waals surface area contributed by atoms with Gasteiger partial charge in [0.1, 0.15) is 12.6 Å². The molecule has 2 aromatic carbocycles. The van der Waals surface area contributed by atoms with Crippen LogP contribution in [-0.2, 0) is 19.1 Å². The number of nitrogens with one attached hydrogen (secondary N) is 2. The number of fused-ring (bicyclic) bond motifs is 3. The third-order valence-electron chi connectivity index (χ3n) is 5.60. The highest BCUT2D eigenvalue weighted by Crippen LogP contribution is 2.44. The maximum atomic E-state index is 12.5. The van der Waals surface area contributed by atoms with Crippen molar-refractivity contribution in [3.8, 4) is 11.1 Å². The van der Waals surface area contributed by atoms with Gasteiger partial charge in [0.05, 0.1) is 6.61 Å². The van der Waals surface area contributed by atoms with Crippen LogP contribution in [0.4, 0.5) is 4.79 Å². The van der Waals surface area contributed by atoms with E-state index >= 15 is 0 Å². The average Bonchev–Trinajstić information content (AvgIpc) is 3.13. The molecular weight excluding hydrogens is 436 g/mol. The number of carboxylic acids is 1. The van der Waals surface area contributed by atoms with Gasteiger partial charge in [-0.1, -0.05) is 62.4 Å². The Morgan fingerprint density at radius 3 is 2.21 bits per heavy atom. The first-order valence-corrected chi connectivity index (χ1v) is 11.6. The van der Waals surface area contributed by atoms with Crippen molar-refractivity contribution < 1.29 is 29.0 Å². The van der Waals surface area contributed by atoms with Gasteiger partial charge in [0.2, 0.25) is 5.91 Å². The van der Waals surface area contributed by atoms with E-state index in [0.717, 1.165) is 22.3 Å². The van der Waals surface area contributed by atoms with Crippen molar-refractivity contribution in [2.24, 2.45) is 5.92 Å². The molecule has 0 spiro atoms. The van der Waals surface area contributed by atoms with Crippen molar-refractivity contribution in [2.75, 3.05) is 26.4 Å². The van der Waals surface area contributed by atoms with Crippen LogP contribution in [0.1, 0.15) is 43.7 Å². The van der Waals surface area contributed by atoms with Crippen molar-refractivity contribution in [1.29, 1.82) is 0 Å². The summed E-state index contributed by atoms with van der Waals surface area (Å²) in [7, 11) is 0. The summed E-state index contributed by atoms with van der Waals surface area (Å²) in [6.07, 6.45) is -1.06. The Kier molecular flexibility index (Phi) is 9.04. The van der Waals surface area contributed by atoms with Crippen molar-refractivity contribution in [1.82, 2.24) is 10.6 Å². The minimum atomic E-state index is -1.05. The third-order valence-corrected chi connectivity index (χ3v) is 5.60. The van der Waals surface area contributed by atoms with Crippen LogP contribution in [0.15, 0.2) is 48.5 Å². The van der Waals surface area contributed by atoms with E-state index in [9.17, 15) is 14.4 Å². The molecule has 0 fully saturated rings. The topological polar surface area (TPSA) is 114 Å². The van der Waals surface area contributed by atoms with E-state index in [0.29, 0.717) is 19.1 Å². The minimum Gasteiger partial charge on any atom is -0.481 e. The van der Waals surface area contributed by atoms with E-state index < -0.39 is 24.0 Å². The van der Waals surface area contributed by atoms with Gasteiger partial charge in [-0.15, -0.1) is 0 Å². The third kappa shape index (κ3) is 6.81. The highest BCUT2D eigenvalue weighted by Gasteiger charge is 2.29. The lowest BCUT2D eigenvalue weighted by Crippen LogP contribution is -2.48. The Balaban J connectivity index is 1.57. The maximum absolute atomic E-state index is 12.5. The Morgan fingerprint density at radius 1 is 1.00 bits per heavy atom. The summed E-state index contributed by atoms with van der Waals surface area (Å²) < 4.78 is 10.9. The Hall–Kier alpha value is -3.39. The minimum absolute atomic E-state index is 0.0434. The SMILES string of the molecule is CC(C)COCCNC(=O)C(CCC(=O)O)NC(=O)OCC1c2ccccc2-c2ccccc21. The van der Waals surface area contributed by atoms with E-state index in [1.54, 1.807) is 0 Å². The van der Waals surface area contributed by atoms with Gasteiger partial charge in [0.25, 0.3) is 0 Å². The first-order valence-electron chi connectivity index (χ1n) is 11.6. The monoisotopic (exact) mass is 468 g/mol. The molecule has 3 N–H and O–H groups in total. The number of hydrogen-bond donors (Lipinski definition) is 3. The number of benzene rings is 2. The first-order chi connectivity index (χ1) is 16.4. The Bertz CT molecular complexity index is 961. The summed E-state index contributed by atoms with van der Waals surface area (Å²) in [5.41, 5.74) is 4.40. The zero-order valence-corrected chi connectivity index (χ0v) is 19.6. The van der Waals surface area contributed by atoms with Crippen LogP contribution in [0.25, 0.3) is 11.1 Å². The van der Waals surface area contributed by atoms with Gasteiger partial charge in [0, 0.05) is 25.5 Å². The molecule has 2 aromatic rings. The maximum Gasteiger partial charge on any atom is 0.407 e. The van der Waals surface area contributed by atoms with Crippen LogP contribution in [0.5, 0.6) is 0 Å². The molecule has 0 heterocycles. The summed E-state index contributed by atoms with van der Waals surface area (Å²) in [4.78, 5) is 36.1. The van der Waals surface area contributed by atoms with Gasteiger partial charge >= 0.3 is 12.1 Å². The molecule has 8 nitrogen and oxygen atoms in total. The van der Waals surface area contributed by atoms with Crippen molar-refractivity contribution in [3.05, 3.63) is 59.7 Å². The van der Waals surface area contributed by atoms with Gasteiger partial charge in [-0.3, -0.25) is 9.59 Å². The number of carbonyl (C=O) groups is 3. The number of rotatable bonds is 12. The molecule has 1 aliphatic carbocycles. The lowest BCUT2D eigenvalue weighted by molar-refractivity contribution is -0.137. The molecule has 182 valence electrons. The number of hydrogen-bond acceptors (Lipinski definition) is 5. The van der Waals surface area contributed by atoms with E-state index in [4.69, 9.17) is 14.6 Å². The lowest BCUT2D eigenvalue weighted by Gasteiger charge is -2.19. The number of alkyl carbamates (subject to hydrolysis) is 1.